The summed E-state index contributed by atoms with van der Waals surface area (Å²) < 4.78 is 5.87. The molecule has 1 saturated heterocycles. The minimum Gasteiger partial charge on any atom is -0.476 e. The Bertz CT molecular complexity index is 1580. The molecule has 0 amide bonds. The van der Waals surface area contributed by atoms with Crippen molar-refractivity contribution in [3.8, 4) is 11.3 Å². The Morgan fingerprint density at radius 3 is 2.68 bits per heavy atom. The van der Waals surface area contributed by atoms with E-state index in [1.165, 1.54) is 5.57 Å². The average Bonchev–Trinajstić information content (AvgIpc) is 3.65. The molecule has 186 valence electrons. The van der Waals surface area contributed by atoms with Crippen LogP contribution in [0.3, 0.4) is 0 Å². The van der Waals surface area contributed by atoms with E-state index in [0.29, 0.717) is 16.5 Å². The first-order valence-electron chi connectivity index (χ1n) is 12.6. The van der Waals surface area contributed by atoms with Crippen LogP contribution in [0.15, 0.2) is 53.3 Å². The van der Waals surface area contributed by atoms with Crippen LogP contribution < -0.4 is 4.90 Å². The van der Waals surface area contributed by atoms with Crippen molar-refractivity contribution < 1.29 is 14.4 Å². The molecule has 0 unspecified atom stereocenters. The molecule has 9 heteroatoms. The number of carbonyl (C=O) groups is 1. The van der Waals surface area contributed by atoms with Gasteiger partial charge in [-0.1, -0.05) is 28.9 Å². The summed E-state index contributed by atoms with van der Waals surface area (Å²) in [6.07, 6.45) is 11.3. The van der Waals surface area contributed by atoms with Gasteiger partial charge in [0.2, 0.25) is 0 Å². The highest BCUT2D eigenvalue weighted by Crippen LogP contribution is 2.56. The predicted octanol–water partition coefficient (Wildman–Crippen LogP) is 5.98. The summed E-state index contributed by atoms with van der Waals surface area (Å²) in [5, 5.41) is 22.9. The van der Waals surface area contributed by atoms with Crippen LogP contribution in [0.1, 0.15) is 59.8 Å². The van der Waals surface area contributed by atoms with Crippen molar-refractivity contribution in [2.24, 2.45) is 5.41 Å². The number of hydrogen-bond donors (Lipinski definition) is 1. The fourth-order valence-electron chi connectivity index (χ4n) is 5.73. The minimum absolute atomic E-state index is 0.0419. The Morgan fingerprint density at radius 1 is 1.14 bits per heavy atom. The molecule has 3 aromatic heterocycles. The van der Waals surface area contributed by atoms with Crippen molar-refractivity contribution in [2.45, 2.75) is 38.0 Å². The van der Waals surface area contributed by atoms with Crippen LogP contribution in [0.5, 0.6) is 0 Å². The summed E-state index contributed by atoms with van der Waals surface area (Å²) >= 11 is 6.47. The largest absolute Gasteiger partial charge is 0.476 e. The van der Waals surface area contributed by atoms with E-state index in [2.05, 4.69) is 31.3 Å². The van der Waals surface area contributed by atoms with Crippen molar-refractivity contribution in [3.63, 3.8) is 0 Å². The lowest BCUT2D eigenvalue weighted by Crippen LogP contribution is -2.42. The molecule has 0 bridgehead atoms. The van der Waals surface area contributed by atoms with Gasteiger partial charge in [0, 0.05) is 53.6 Å². The second-order valence-electron chi connectivity index (χ2n) is 10.4. The third-order valence-corrected chi connectivity index (χ3v) is 8.25. The van der Waals surface area contributed by atoms with Gasteiger partial charge in [0.05, 0.1) is 10.5 Å². The molecule has 2 aliphatic carbocycles. The first-order valence-corrected chi connectivity index (χ1v) is 12.9. The van der Waals surface area contributed by atoms with Crippen LogP contribution in [0.2, 0.25) is 5.02 Å². The second kappa shape index (κ2) is 8.38. The number of aromatic carboxylic acids is 1. The fourth-order valence-corrected chi connectivity index (χ4v) is 5.93. The number of allylic oxidation sites excluding steroid dienone is 2. The van der Waals surface area contributed by atoms with Gasteiger partial charge in [-0.25, -0.2) is 4.79 Å². The fraction of sp³-hybridized carbons (Fsp3) is 0.321. The molecular weight excluding hydrogens is 490 g/mol. The van der Waals surface area contributed by atoms with Crippen molar-refractivity contribution in [1.29, 1.82) is 0 Å². The smallest absolute Gasteiger partial charge is 0.356 e. The van der Waals surface area contributed by atoms with Gasteiger partial charge in [-0.05, 0) is 67.4 Å². The Balaban J connectivity index is 1.12. The van der Waals surface area contributed by atoms with E-state index in [0.717, 1.165) is 78.8 Å². The molecule has 0 radical (unpaired) electrons. The summed E-state index contributed by atoms with van der Waals surface area (Å²) in [7, 11) is 0. The molecule has 0 atom stereocenters. The van der Waals surface area contributed by atoms with Crippen LogP contribution in [0.4, 0.5) is 5.69 Å². The molecular formula is C28H24ClN5O3. The highest BCUT2D eigenvalue weighted by Gasteiger charge is 2.44. The molecule has 1 aliphatic heterocycles. The summed E-state index contributed by atoms with van der Waals surface area (Å²) in [6.45, 7) is 1.89. The molecule has 37 heavy (non-hydrogen) atoms. The van der Waals surface area contributed by atoms with Crippen LogP contribution in [0, 0.1) is 5.41 Å². The number of benzene rings is 1. The Labute approximate surface area is 218 Å². The van der Waals surface area contributed by atoms with E-state index in [-0.39, 0.29) is 11.1 Å². The molecule has 8 nitrogen and oxygen atoms in total. The summed E-state index contributed by atoms with van der Waals surface area (Å²) in [5.74, 6) is 0.391. The average molecular weight is 514 g/mol. The number of rotatable bonds is 5. The van der Waals surface area contributed by atoms with Crippen molar-refractivity contribution in [2.75, 3.05) is 18.0 Å². The van der Waals surface area contributed by atoms with Crippen LogP contribution in [0.25, 0.3) is 27.7 Å². The third kappa shape index (κ3) is 3.87. The van der Waals surface area contributed by atoms with Gasteiger partial charge in [-0.2, -0.15) is 0 Å². The topological polar surface area (TPSA) is 105 Å². The van der Waals surface area contributed by atoms with E-state index in [4.69, 9.17) is 21.2 Å². The number of carboxylic acids is 1. The zero-order chi connectivity index (χ0) is 25.1. The van der Waals surface area contributed by atoms with E-state index in [1.807, 2.05) is 24.3 Å². The number of nitrogens with zero attached hydrogens (tertiary/aromatic N) is 5. The summed E-state index contributed by atoms with van der Waals surface area (Å²) in [6, 6.07) is 9.43. The molecule has 2 fully saturated rings. The van der Waals surface area contributed by atoms with Gasteiger partial charge in [0.15, 0.2) is 5.69 Å². The van der Waals surface area contributed by atoms with Gasteiger partial charge < -0.3 is 14.5 Å². The standard InChI is InChI=1S/C28H24ClN5O3/c29-21-15-30-8-5-20(21)25-24(26(37-33-25)16-1-2-16)18-13-28(14-18)6-9-34(10-7-28)19-4-3-17-11-23(27(35)36)32-31-22(17)12-19/h3-5,8,11-13,15-16H,1-2,6-7,9-10,14H2,(H,35,36). The lowest BCUT2D eigenvalue weighted by Gasteiger charge is -2.47. The van der Waals surface area contributed by atoms with Crippen LogP contribution in [-0.2, 0) is 0 Å². The maximum atomic E-state index is 11.2. The monoisotopic (exact) mass is 513 g/mol. The number of pyridine rings is 1. The van der Waals surface area contributed by atoms with Crippen LogP contribution >= 0.6 is 11.6 Å². The van der Waals surface area contributed by atoms with Crippen molar-refractivity contribution >= 4 is 39.7 Å². The maximum Gasteiger partial charge on any atom is 0.356 e. The zero-order valence-corrected chi connectivity index (χ0v) is 20.8. The number of hydrogen-bond acceptors (Lipinski definition) is 7. The molecule has 3 aliphatic rings. The number of aromatic nitrogens is 4. The van der Waals surface area contributed by atoms with Gasteiger partial charge in [0.1, 0.15) is 11.5 Å². The highest BCUT2D eigenvalue weighted by atomic mass is 35.5. The molecule has 7 rings (SSSR count). The number of halogens is 1. The lowest BCUT2D eigenvalue weighted by atomic mass is 9.63. The van der Waals surface area contributed by atoms with Crippen LogP contribution in [-0.4, -0.2) is 44.5 Å². The first kappa shape index (κ1) is 22.4. The van der Waals surface area contributed by atoms with Crippen molar-refractivity contribution in [3.05, 3.63) is 70.8 Å². The van der Waals surface area contributed by atoms with E-state index in [1.54, 1.807) is 18.5 Å². The summed E-state index contributed by atoms with van der Waals surface area (Å²) in [4.78, 5) is 17.7. The summed E-state index contributed by atoms with van der Waals surface area (Å²) in [5.41, 5.74) is 6.09. The van der Waals surface area contributed by atoms with Gasteiger partial charge in [-0.15, -0.1) is 10.2 Å². The molecule has 1 saturated carbocycles. The number of anilines is 1. The quantitative estimate of drug-likeness (QED) is 0.347. The number of carboxylic acid groups (broad SMARTS) is 1. The highest BCUT2D eigenvalue weighted by molar-refractivity contribution is 6.33. The third-order valence-electron chi connectivity index (χ3n) is 7.95. The van der Waals surface area contributed by atoms with Gasteiger partial charge in [-0.3, -0.25) is 4.98 Å². The zero-order valence-electron chi connectivity index (χ0n) is 20.0. The predicted molar refractivity (Wildman–Crippen MR) is 140 cm³/mol. The van der Waals surface area contributed by atoms with E-state index >= 15 is 0 Å². The van der Waals surface area contributed by atoms with E-state index < -0.39 is 5.97 Å². The normalized spacial score (nSPS) is 18.6. The Kier molecular flexibility index (Phi) is 5.08. The molecule has 1 aromatic carbocycles. The van der Waals surface area contributed by atoms with Gasteiger partial charge >= 0.3 is 5.97 Å². The van der Waals surface area contributed by atoms with Gasteiger partial charge in [0.25, 0.3) is 0 Å². The molecule has 4 aromatic rings. The molecule has 1 spiro atoms. The SMILES string of the molecule is O=C(O)c1cc2ccc(N3CCC4(C=C(c5c(-c6ccncc6Cl)noc5C5CC5)C4)CC3)cc2nn1. The number of piperidine rings is 1. The Morgan fingerprint density at radius 2 is 1.95 bits per heavy atom. The van der Waals surface area contributed by atoms with E-state index in [9.17, 15) is 4.79 Å². The minimum atomic E-state index is -1.07. The maximum absolute atomic E-state index is 11.2. The number of fused-ring (bicyclic) bond motifs is 1. The Hall–Kier alpha value is -3.78. The van der Waals surface area contributed by atoms with Crippen molar-refractivity contribution in [1.82, 2.24) is 20.3 Å². The molecule has 4 heterocycles. The lowest BCUT2D eigenvalue weighted by molar-refractivity contribution is 0.0689. The second-order valence-corrected chi connectivity index (χ2v) is 10.8. The first-order chi connectivity index (χ1) is 18.0. The molecule has 1 N–H and O–H groups in total.